The minimum absolute atomic E-state index is 0.222. The Bertz CT molecular complexity index is 1010. The summed E-state index contributed by atoms with van der Waals surface area (Å²) < 4.78 is 4.97. The Hall–Kier alpha value is -3.55. The normalized spacial score (nSPS) is 13.0. The van der Waals surface area contributed by atoms with Crippen LogP contribution in [0.25, 0.3) is 16.5 Å². The number of rotatable bonds is 5. The molecule has 2 aromatic heterocycles. The highest BCUT2D eigenvalue weighted by atomic mass is 16.5. The molecule has 1 aliphatic heterocycles. The van der Waals surface area contributed by atoms with Gasteiger partial charge in [-0.2, -0.15) is 4.98 Å². The maximum atomic E-state index is 5.89. The smallest absolute Gasteiger partial charge is 0.316 e. The zero-order valence-corrected chi connectivity index (χ0v) is 14.2. The second-order valence-corrected chi connectivity index (χ2v) is 5.78. The summed E-state index contributed by atoms with van der Waals surface area (Å²) in [5.74, 6) is 0.895. The van der Waals surface area contributed by atoms with Crippen molar-refractivity contribution in [3.05, 3.63) is 47.8 Å². The molecule has 8 nitrogen and oxygen atoms in total. The number of ether oxygens (including phenoxy) is 1. The molecule has 3 N–H and O–H groups in total. The van der Waals surface area contributed by atoms with Gasteiger partial charge in [-0.15, -0.1) is 0 Å². The van der Waals surface area contributed by atoms with Gasteiger partial charge in [0.1, 0.15) is 5.82 Å². The highest BCUT2D eigenvalue weighted by Gasteiger charge is 2.10. The van der Waals surface area contributed by atoms with Gasteiger partial charge in [0.15, 0.2) is 0 Å². The van der Waals surface area contributed by atoms with Gasteiger partial charge in [0.05, 0.1) is 19.2 Å². The molecule has 0 atom stereocenters. The number of nitrogens with two attached hydrogens (primary N) is 1. The lowest BCUT2D eigenvalue weighted by molar-refractivity contribution is 0.379. The SMILES string of the molecule is COc1ncc(CNc2nc(N)nc3cc(C4=CC=NC4)ccc23)cn1. The number of aromatic nitrogens is 4. The maximum absolute atomic E-state index is 5.89. The second kappa shape index (κ2) is 6.75. The lowest BCUT2D eigenvalue weighted by atomic mass is 10.0. The van der Waals surface area contributed by atoms with Crippen LogP contribution in [0, 0.1) is 0 Å². The van der Waals surface area contributed by atoms with Gasteiger partial charge in [0.2, 0.25) is 5.95 Å². The fourth-order valence-electron chi connectivity index (χ4n) is 2.74. The Kier molecular flexibility index (Phi) is 4.14. The first-order valence-corrected chi connectivity index (χ1v) is 8.08. The molecule has 0 unspecified atom stereocenters. The van der Waals surface area contributed by atoms with Gasteiger partial charge >= 0.3 is 6.01 Å². The maximum Gasteiger partial charge on any atom is 0.316 e. The average Bonchev–Trinajstić information content (AvgIpc) is 3.20. The number of nitrogen functional groups attached to an aromatic ring is 1. The second-order valence-electron chi connectivity index (χ2n) is 5.78. The Labute approximate surface area is 149 Å². The Morgan fingerprint density at radius 1 is 1.19 bits per heavy atom. The molecule has 1 aromatic carbocycles. The van der Waals surface area contributed by atoms with Gasteiger partial charge in [0.25, 0.3) is 0 Å². The first kappa shape index (κ1) is 15.9. The summed E-state index contributed by atoms with van der Waals surface area (Å²) in [4.78, 5) is 21.1. The van der Waals surface area contributed by atoms with Crippen molar-refractivity contribution in [1.82, 2.24) is 19.9 Å². The molecule has 1 aliphatic rings. The number of hydrogen-bond donors (Lipinski definition) is 2. The summed E-state index contributed by atoms with van der Waals surface area (Å²) >= 11 is 0. The molecular weight excluding hydrogens is 330 g/mol. The molecule has 0 amide bonds. The van der Waals surface area contributed by atoms with E-state index in [4.69, 9.17) is 10.5 Å². The molecule has 8 heteroatoms. The molecule has 0 bridgehead atoms. The molecule has 4 rings (SSSR count). The number of anilines is 2. The number of nitrogens with one attached hydrogen (secondary N) is 1. The zero-order valence-electron chi connectivity index (χ0n) is 14.2. The predicted octanol–water partition coefficient (Wildman–Crippen LogP) is 2.09. The van der Waals surface area contributed by atoms with Gasteiger partial charge in [-0.25, -0.2) is 15.0 Å². The molecule has 0 aliphatic carbocycles. The highest BCUT2D eigenvalue weighted by Crippen LogP contribution is 2.26. The van der Waals surface area contributed by atoms with Crippen molar-refractivity contribution in [2.45, 2.75) is 6.54 Å². The first-order chi connectivity index (χ1) is 12.7. The number of allylic oxidation sites excluding steroid dienone is 1. The molecular formula is C18H17N7O. The van der Waals surface area contributed by atoms with Gasteiger partial charge in [0, 0.05) is 36.1 Å². The van der Waals surface area contributed by atoms with E-state index >= 15 is 0 Å². The number of hydrogen-bond acceptors (Lipinski definition) is 8. The van der Waals surface area contributed by atoms with E-state index in [1.807, 2.05) is 30.5 Å². The molecule has 130 valence electrons. The van der Waals surface area contributed by atoms with Crippen molar-refractivity contribution in [3.8, 4) is 6.01 Å². The topological polar surface area (TPSA) is 111 Å². The first-order valence-electron chi connectivity index (χ1n) is 8.08. The molecule has 0 spiro atoms. The van der Waals surface area contributed by atoms with E-state index in [0.29, 0.717) is 24.9 Å². The van der Waals surface area contributed by atoms with E-state index < -0.39 is 0 Å². The predicted molar refractivity (Wildman–Crippen MR) is 101 cm³/mol. The minimum Gasteiger partial charge on any atom is -0.467 e. The van der Waals surface area contributed by atoms with Crippen LogP contribution < -0.4 is 15.8 Å². The molecule has 0 saturated heterocycles. The third kappa shape index (κ3) is 3.16. The van der Waals surface area contributed by atoms with Gasteiger partial charge in [-0.05, 0) is 29.3 Å². The summed E-state index contributed by atoms with van der Waals surface area (Å²) in [5, 5.41) is 4.18. The van der Waals surface area contributed by atoms with Crippen LogP contribution in [-0.4, -0.2) is 39.8 Å². The summed E-state index contributed by atoms with van der Waals surface area (Å²) in [6.07, 6.45) is 7.23. The number of benzene rings is 1. The molecule has 0 fully saturated rings. The number of nitrogens with zero attached hydrogens (tertiary/aromatic N) is 5. The third-order valence-electron chi connectivity index (χ3n) is 4.05. The minimum atomic E-state index is 0.222. The van der Waals surface area contributed by atoms with E-state index in [9.17, 15) is 0 Å². The monoisotopic (exact) mass is 347 g/mol. The Morgan fingerprint density at radius 3 is 2.77 bits per heavy atom. The quantitative estimate of drug-likeness (QED) is 0.727. The highest BCUT2D eigenvalue weighted by molar-refractivity contribution is 5.95. The molecule has 3 aromatic rings. The van der Waals surface area contributed by atoms with Crippen molar-refractivity contribution in [3.63, 3.8) is 0 Å². The lowest BCUT2D eigenvalue weighted by Crippen LogP contribution is -2.06. The summed E-state index contributed by atoms with van der Waals surface area (Å²) in [7, 11) is 1.53. The fourth-order valence-corrected chi connectivity index (χ4v) is 2.74. The average molecular weight is 347 g/mol. The van der Waals surface area contributed by atoms with Crippen molar-refractivity contribution in [2.75, 3.05) is 24.7 Å². The van der Waals surface area contributed by atoms with Crippen LogP contribution in [0.15, 0.2) is 41.7 Å². The van der Waals surface area contributed by atoms with Crippen LogP contribution in [0.3, 0.4) is 0 Å². The zero-order chi connectivity index (χ0) is 17.9. The Morgan fingerprint density at radius 2 is 2.04 bits per heavy atom. The molecule has 26 heavy (non-hydrogen) atoms. The molecule has 0 radical (unpaired) electrons. The van der Waals surface area contributed by atoms with Crippen molar-refractivity contribution in [2.24, 2.45) is 4.99 Å². The van der Waals surface area contributed by atoms with Crippen LogP contribution in [0.2, 0.25) is 0 Å². The number of fused-ring (bicyclic) bond motifs is 1. The van der Waals surface area contributed by atoms with Gasteiger partial charge < -0.3 is 15.8 Å². The van der Waals surface area contributed by atoms with E-state index in [2.05, 4.69) is 30.2 Å². The van der Waals surface area contributed by atoms with Crippen LogP contribution in [0.4, 0.5) is 11.8 Å². The fraction of sp³-hybridized carbons (Fsp3) is 0.167. The summed E-state index contributed by atoms with van der Waals surface area (Å²) in [5.41, 5.74) is 9.83. The van der Waals surface area contributed by atoms with Crippen LogP contribution in [0.1, 0.15) is 11.1 Å². The molecule has 0 saturated carbocycles. The van der Waals surface area contributed by atoms with Gasteiger partial charge in [-0.1, -0.05) is 6.07 Å². The summed E-state index contributed by atoms with van der Waals surface area (Å²) in [6, 6.07) is 6.39. The van der Waals surface area contributed by atoms with Crippen molar-refractivity contribution < 1.29 is 4.74 Å². The standard InChI is InChI=1S/C18H17N7O/c1-26-18-22-8-11(9-23-18)7-21-16-14-3-2-12(13-4-5-20-10-13)6-15(14)24-17(19)25-16/h2-6,8-9H,7,10H2,1H3,(H3,19,21,24,25). The van der Waals surface area contributed by atoms with Gasteiger partial charge in [-0.3, -0.25) is 4.99 Å². The number of methoxy groups -OCH3 is 1. The van der Waals surface area contributed by atoms with E-state index in [1.165, 1.54) is 7.11 Å². The van der Waals surface area contributed by atoms with Crippen molar-refractivity contribution in [1.29, 1.82) is 0 Å². The van der Waals surface area contributed by atoms with Crippen LogP contribution in [0.5, 0.6) is 6.01 Å². The van der Waals surface area contributed by atoms with E-state index in [1.54, 1.807) is 12.4 Å². The largest absolute Gasteiger partial charge is 0.467 e. The van der Waals surface area contributed by atoms with E-state index in [0.717, 1.165) is 27.6 Å². The molecule has 3 heterocycles. The van der Waals surface area contributed by atoms with Crippen LogP contribution >= 0.6 is 0 Å². The Balaban J connectivity index is 1.61. The van der Waals surface area contributed by atoms with Crippen LogP contribution in [-0.2, 0) is 6.54 Å². The number of aliphatic imine (C=N–C) groups is 1. The third-order valence-corrected chi connectivity index (χ3v) is 4.05. The van der Waals surface area contributed by atoms with Crippen molar-refractivity contribution >= 4 is 34.5 Å². The lowest BCUT2D eigenvalue weighted by Gasteiger charge is -2.11. The summed E-state index contributed by atoms with van der Waals surface area (Å²) in [6.45, 7) is 1.20. The van der Waals surface area contributed by atoms with E-state index in [-0.39, 0.29) is 5.95 Å².